The zero-order valence-electron chi connectivity index (χ0n) is 18.0. The number of anilines is 2. The van der Waals surface area contributed by atoms with E-state index in [1.807, 2.05) is 55.5 Å². The minimum atomic E-state index is -0.179. The molecule has 0 radical (unpaired) electrons. The lowest BCUT2D eigenvalue weighted by Gasteiger charge is -2.36. The van der Waals surface area contributed by atoms with Gasteiger partial charge in [-0.25, -0.2) is 0 Å². The van der Waals surface area contributed by atoms with Gasteiger partial charge in [0, 0.05) is 12.1 Å². The second kappa shape index (κ2) is 8.55. The van der Waals surface area contributed by atoms with Gasteiger partial charge in [0.15, 0.2) is 0 Å². The quantitative estimate of drug-likeness (QED) is 0.682. The van der Waals surface area contributed by atoms with Crippen molar-refractivity contribution in [1.82, 2.24) is 15.0 Å². The summed E-state index contributed by atoms with van der Waals surface area (Å²) in [5.41, 5.74) is 3.53. The van der Waals surface area contributed by atoms with Gasteiger partial charge in [-0.05, 0) is 38.4 Å². The number of para-hydroxylation sites is 2. The highest BCUT2D eigenvalue weighted by atomic mass is 16.5. The summed E-state index contributed by atoms with van der Waals surface area (Å²) in [4.78, 5) is 33.8. The van der Waals surface area contributed by atoms with Crippen LogP contribution in [-0.4, -0.2) is 46.5 Å². The summed E-state index contributed by atoms with van der Waals surface area (Å²) < 4.78 is 5.47. The number of likely N-dealkylation sites (tertiary alicyclic amines) is 1. The molecule has 1 N–H and O–H groups in total. The Morgan fingerprint density at radius 2 is 2.00 bits per heavy atom. The maximum atomic E-state index is 13.3. The van der Waals surface area contributed by atoms with E-state index in [9.17, 15) is 9.59 Å². The van der Waals surface area contributed by atoms with Gasteiger partial charge in [-0.2, -0.15) is 4.98 Å². The summed E-state index contributed by atoms with van der Waals surface area (Å²) in [5, 5.41) is 6.95. The van der Waals surface area contributed by atoms with Gasteiger partial charge >= 0.3 is 0 Å². The van der Waals surface area contributed by atoms with Crippen LogP contribution in [-0.2, 0) is 16.1 Å². The minimum Gasteiger partial charge on any atom is -0.338 e. The average Bonchev–Trinajstić information content (AvgIpc) is 3.27. The fraction of sp³-hybridized carbons (Fsp3) is 0.333. The molecule has 3 aromatic rings. The third kappa shape index (κ3) is 4.13. The molecule has 8 heteroatoms. The maximum Gasteiger partial charge on any atom is 0.244 e. The topological polar surface area (TPSA) is 91.6 Å². The highest BCUT2D eigenvalue weighted by Gasteiger charge is 2.34. The number of nitrogens with one attached hydrogen (secondary N) is 1. The van der Waals surface area contributed by atoms with E-state index < -0.39 is 0 Å². The van der Waals surface area contributed by atoms with Gasteiger partial charge in [-0.1, -0.05) is 47.1 Å². The molecule has 2 amide bonds. The van der Waals surface area contributed by atoms with Crippen LogP contribution in [0.2, 0.25) is 0 Å². The molecule has 2 aliphatic heterocycles. The maximum absolute atomic E-state index is 13.3. The van der Waals surface area contributed by atoms with E-state index >= 15 is 0 Å². The van der Waals surface area contributed by atoms with E-state index in [1.54, 1.807) is 4.90 Å². The molecule has 0 saturated carbocycles. The van der Waals surface area contributed by atoms with Crippen LogP contribution < -0.4 is 10.2 Å². The molecule has 3 heterocycles. The van der Waals surface area contributed by atoms with Crippen molar-refractivity contribution in [3.63, 3.8) is 0 Å². The Morgan fingerprint density at radius 3 is 2.84 bits per heavy atom. The van der Waals surface area contributed by atoms with Crippen LogP contribution in [0.4, 0.5) is 11.4 Å². The molecule has 1 atom stereocenters. The number of aromatic nitrogens is 2. The second-order valence-corrected chi connectivity index (χ2v) is 8.44. The zero-order chi connectivity index (χ0) is 22.1. The first kappa shape index (κ1) is 20.4. The third-order valence-corrected chi connectivity index (χ3v) is 6.03. The van der Waals surface area contributed by atoms with Gasteiger partial charge in [0.25, 0.3) is 0 Å². The van der Waals surface area contributed by atoms with Crippen LogP contribution in [0, 0.1) is 12.8 Å². The van der Waals surface area contributed by atoms with E-state index in [4.69, 9.17) is 4.52 Å². The lowest BCUT2D eigenvalue weighted by atomic mass is 9.95. The number of benzene rings is 2. The van der Waals surface area contributed by atoms with E-state index in [-0.39, 0.29) is 24.3 Å². The normalized spacial score (nSPS) is 18.8. The molecule has 5 rings (SSSR count). The Hall–Kier alpha value is -3.52. The lowest BCUT2D eigenvalue weighted by Crippen LogP contribution is -2.48. The number of piperidine rings is 1. The van der Waals surface area contributed by atoms with Crippen molar-refractivity contribution in [3.05, 3.63) is 60.0 Å². The highest BCUT2D eigenvalue weighted by Crippen LogP contribution is 2.31. The molecular weight excluding hydrogens is 406 g/mol. The molecular formula is C24H25N5O3. The van der Waals surface area contributed by atoms with Crippen LogP contribution in [0.1, 0.15) is 24.3 Å². The number of rotatable bonds is 4. The predicted octanol–water partition coefficient (Wildman–Crippen LogP) is 3.24. The first-order valence-corrected chi connectivity index (χ1v) is 10.9. The van der Waals surface area contributed by atoms with Crippen LogP contribution in [0.5, 0.6) is 0 Å². The number of hydrogen-bond acceptors (Lipinski definition) is 6. The average molecular weight is 431 g/mol. The molecule has 32 heavy (non-hydrogen) atoms. The van der Waals surface area contributed by atoms with Crippen LogP contribution in [0.25, 0.3) is 11.4 Å². The number of carbonyl (C=O) groups is 2. The van der Waals surface area contributed by atoms with Gasteiger partial charge in [-0.15, -0.1) is 0 Å². The molecule has 0 aliphatic carbocycles. The summed E-state index contributed by atoms with van der Waals surface area (Å²) in [6, 6.07) is 15.4. The van der Waals surface area contributed by atoms with Crippen LogP contribution in [0.3, 0.4) is 0 Å². The molecule has 8 nitrogen and oxygen atoms in total. The minimum absolute atomic E-state index is 0.0112. The van der Waals surface area contributed by atoms with Crippen molar-refractivity contribution < 1.29 is 14.1 Å². The molecule has 1 aromatic heterocycles. The fourth-order valence-electron chi connectivity index (χ4n) is 4.38. The first-order chi connectivity index (χ1) is 15.6. The molecule has 1 fully saturated rings. The van der Waals surface area contributed by atoms with Crippen LogP contribution in [0.15, 0.2) is 53.1 Å². The number of hydrogen-bond donors (Lipinski definition) is 1. The van der Waals surface area contributed by atoms with Crippen molar-refractivity contribution in [2.75, 3.05) is 29.9 Å². The van der Waals surface area contributed by atoms with E-state index in [2.05, 4.69) is 20.4 Å². The van der Waals surface area contributed by atoms with E-state index in [0.717, 1.165) is 30.6 Å². The molecule has 1 saturated heterocycles. The molecule has 2 aliphatic rings. The lowest BCUT2D eigenvalue weighted by molar-refractivity contribution is -0.126. The number of aryl methyl sites for hydroxylation is 1. The Morgan fingerprint density at radius 1 is 1.19 bits per heavy atom. The van der Waals surface area contributed by atoms with Gasteiger partial charge in [0.05, 0.1) is 23.8 Å². The van der Waals surface area contributed by atoms with Gasteiger partial charge < -0.3 is 14.7 Å². The standard InChI is InChI=1S/C24H25N5O3/c1-16-8-10-17(11-9-16)23-26-22(32-27-23)15-28-12-4-5-18(13-28)24(31)29-14-21(30)25-19-6-2-3-7-20(19)29/h2-3,6-11,18H,4-5,12-15H2,1H3,(H,25,30). The number of fused-ring (bicyclic) bond motifs is 1. The number of nitrogens with zero attached hydrogens (tertiary/aromatic N) is 4. The van der Waals surface area contributed by atoms with E-state index in [0.29, 0.717) is 30.5 Å². The number of carbonyl (C=O) groups excluding carboxylic acids is 2. The summed E-state index contributed by atoms with van der Waals surface area (Å²) in [5.74, 6) is 0.751. The smallest absolute Gasteiger partial charge is 0.244 e. The van der Waals surface area contributed by atoms with Crippen molar-refractivity contribution >= 4 is 23.2 Å². The monoisotopic (exact) mass is 431 g/mol. The van der Waals surface area contributed by atoms with Crippen molar-refractivity contribution in [2.24, 2.45) is 5.92 Å². The Labute approximate surface area is 186 Å². The van der Waals surface area contributed by atoms with Crippen LogP contribution >= 0.6 is 0 Å². The van der Waals surface area contributed by atoms with Gasteiger partial charge in [0.1, 0.15) is 6.54 Å². The largest absolute Gasteiger partial charge is 0.338 e. The summed E-state index contributed by atoms with van der Waals surface area (Å²) in [6.45, 7) is 4.05. The number of amides is 2. The van der Waals surface area contributed by atoms with Gasteiger partial charge in [0.2, 0.25) is 23.5 Å². The Bertz CT molecular complexity index is 1140. The Kier molecular flexibility index (Phi) is 5.45. The Balaban J connectivity index is 1.27. The fourth-order valence-corrected chi connectivity index (χ4v) is 4.38. The molecule has 2 aromatic carbocycles. The SMILES string of the molecule is Cc1ccc(-c2noc(CN3CCCC(C(=O)N4CC(=O)Nc5ccccc54)C3)n2)cc1. The van der Waals surface area contributed by atoms with Gasteiger partial charge in [-0.3, -0.25) is 14.5 Å². The zero-order valence-corrected chi connectivity index (χ0v) is 18.0. The molecule has 0 bridgehead atoms. The van der Waals surface area contributed by atoms with Crippen molar-refractivity contribution in [2.45, 2.75) is 26.3 Å². The summed E-state index contributed by atoms with van der Waals surface area (Å²) in [7, 11) is 0. The second-order valence-electron chi connectivity index (χ2n) is 8.44. The molecule has 0 spiro atoms. The molecule has 1 unspecified atom stereocenters. The van der Waals surface area contributed by atoms with E-state index in [1.165, 1.54) is 5.56 Å². The van der Waals surface area contributed by atoms with Crippen molar-refractivity contribution in [3.8, 4) is 11.4 Å². The summed E-state index contributed by atoms with van der Waals surface area (Å²) >= 11 is 0. The third-order valence-electron chi connectivity index (χ3n) is 6.03. The predicted molar refractivity (Wildman–Crippen MR) is 120 cm³/mol. The summed E-state index contributed by atoms with van der Waals surface area (Å²) in [6.07, 6.45) is 1.70. The highest BCUT2D eigenvalue weighted by molar-refractivity contribution is 6.10. The van der Waals surface area contributed by atoms with Crippen molar-refractivity contribution in [1.29, 1.82) is 0 Å². The first-order valence-electron chi connectivity index (χ1n) is 10.9. The molecule has 164 valence electrons.